The SMILES string of the molecule is CCCCC(C)=O.[Ce]. The molecule has 0 rings (SSSR count). The van der Waals surface area contributed by atoms with Gasteiger partial charge in [-0.1, -0.05) is 13.3 Å². The van der Waals surface area contributed by atoms with Crippen LogP contribution in [-0.2, 0) is 4.79 Å². The minimum absolute atomic E-state index is 0. The number of unbranched alkanes of at least 4 members (excludes halogenated alkanes) is 1. The average molecular weight is 240 g/mol. The van der Waals surface area contributed by atoms with Gasteiger partial charge in [-0.25, -0.2) is 0 Å². The summed E-state index contributed by atoms with van der Waals surface area (Å²) in [5.41, 5.74) is 0. The molecule has 0 N–H and O–H groups in total. The second kappa shape index (κ2) is 8.05. The number of rotatable bonds is 3. The van der Waals surface area contributed by atoms with Crippen LogP contribution in [0, 0.1) is 41.7 Å². The standard InChI is InChI=1S/C6H12O.Ce/c1-3-4-5-6(2)7;/h3-5H2,1-2H3;. The van der Waals surface area contributed by atoms with Crippen LogP contribution >= 0.6 is 0 Å². The molecule has 0 aliphatic carbocycles. The Balaban J connectivity index is 0. The van der Waals surface area contributed by atoms with E-state index in [2.05, 4.69) is 6.92 Å². The van der Waals surface area contributed by atoms with Gasteiger partial charge >= 0.3 is 0 Å². The second-order valence-electron chi connectivity index (χ2n) is 1.81. The summed E-state index contributed by atoms with van der Waals surface area (Å²) < 4.78 is 0. The van der Waals surface area contributed by atoms with Gasteiger partial charge in [0.25, 0.3) is 0 Å². The third-order valence-corrected chi connectivity index (χ3v) is 0.882. The van der Waals surface area contributed by atoms with Crippen molar-refractivity contribution in [2.45, 2.75) is 33.1 Å². The van der Waals surface area contributed by atoms with Crippen LogP contribution in [0.15, 0.2) is 0 Å². The van der Waals surface area contributed by atoms with Crippen LogP contribution in [0.1, 0.15) is 33.1 Å². The topological polar surface area (TPSA) is 17.1 Å². The Kier molecular flexibility index (Phi) is 11.9. The quantitative estimate of drug-likeness (QED) is 0.734. The van der Waals surface area contributed by atoms with E-state index in [0.29, 0.717) is 5.78 Å². The maximum atomic E-state index is 10.2. The monoisotopic (exact) mass is 240 g/mol. The number of hydrogen-bond acceptors (Lipinski definition) is 1. The third-order valence-electron chi connectivity index (χ3n) is 0.882. The van der Waals surface area contributed by atoms with Gasteiger partial charge in [0.05, 0.1) is 0 Å². The molecule has 0 saturated carbocycles. The molecule has 0 unspecified atom stereocenters. The van der Waals surface area contributed by atoms with E-state index >= 15 is 0 Å². The number of carbonyl (C=O) groups excluding carboxylic acids is 1. The Labute approximate surface area is 84.6 Å². The van der Waals surface area contributed by atoms with Gasteiger partial charge in [-0.15, -0.1) is 0 Å². The number of carbonyl (C=O) groups is 1. The van der Waals surface area contributed by atoms with Crippen LogP contribution in [0.5, 0.6) is 0 Å². The molecule has 8 heavy (non-hydrogen) atoms. The fraction of sp³-hybridized carbons (Fsp3) is 0.833. The average Bonchev–Trinajstić information content (AvgIpc) is 1.61. The summed E-state index contributed by atoms with van der Waals surface area (Å²) in [5, 5.41) is 0. The van der Waals surface area contributed by atoms with Crippen LogP contribution in [0.4, 0.5) is 0 Å². The van der Waals surface area contributed by atoms with Gasteiger partial charge in [-0.3, -0.25) is 0 Å². The Hall–Kier alpha value is 1.05. The molecule has 0 spiro atoms. The third kappa shape index (κ3) is 10.1. The molecule has 2 heteroatoms. The molecule has 0 aromatic heterocycles. The summed E-state index contributed by atoms with van der Waals surface area (Å²) in [7, 11) is 0. The largest absolute Gasteiger partial charge is 0.300 e. The van der Waals surface area contributed by atoms with E-state index in [1.807, 2.05) is 0 Å². The molecular weight excluding hydrogens is 228 g/mol. The second-order valence-corrected chi connectivity index (χ2v) is 1.81. The van der Waals surface area contributed by atoms with E-state index < -0.39 is 0 Å². The summed E-state index contributed by atoms with van der Waals surface area (Å²) in [6.45, 7) is 3.72. The van der Waals surface area contributed by atoms with Crippen molar-refractivity contribution in [3.63, 3.8) is 0 Å². The van der Waals surface area contributed by atoms with Crippen molar-refractivity contribution in [3.05, 3.63) is 0 Å². The molecule has 0 amide bonds. The van der Waals surface area contributed by atoms with Gasteiger partial charge < -0.3 is 4.79 Å². The minimum Gasteiger partial charge on any atom is -0.300 e. The molecule has 0 radical (unpaired) electrons. The van der Waals surface area contributed by atoms with E-state index in [0.717, 1.165) is 19.3 Å². The van der Waals surface area contributed by atoms with E-state index in [4.69, 9.17) is 0 Å². The minimum atomic E-state index is 0. The number of ketones is 1. The molecule has 0 aliphatic heterocycles. The zero-order valence-corrected chi connectivity index (χ0v) is 8.67. The van der Waals surface area contributed by atoms with Gasteiger partial charge in [0.15, 0.2) is 0 Å². The summed E-state index contributed by atoms with van der Waals surface area (Å²) in [6, 6.07) is 0. The molecule has 0 heterocycles. The molecule has 0 fully saturated rings. The van der Waals surface area contributed by atoms with Gasteiger partial charge in [0, 0.05) is 48.2 Å². The zero-order valence-electron chi connectivity index (χ0n) is 5.53. The van der Waals surface area contributed by atoms with Gasteiger partial charge in [-0.2, -0.15) is 0 Å². The molecular formula is C6H12CeO. The molecule has 0 aliphatic rings. The van der Waals surface area contributed by atoms with Crippen molar-refractivity contribution in [2.75, 3.05) is 0 Å². The van der Waals surface area contributed by atoms with Crippen LogP contribution in [-0.4, -0.2) is 5.78 Å². The Bertz CT molecular complexity index is 61.5. The summed E-state index contributed by atoms with van der Waals surface area (Å²) in [5.74, 6) is 0.307. The van der Waals surface area contributed by atoms with E-state index in [1.165, 1.54) is 0 Å². The summed E-state index contributed by atoms with van der Waals surface area (Å²) in [6.07, 6.45) is 2.94. The molecule has 1 nitrogen and oxygen atoms in total. The summed E-state index contributed by atoms with van der Waals surface area (Å²) in [4.78, 5) is 10.2. The van der Waals surface area contributed by atoms with Gasteiger partial charge in [0.2, 0.25) is 0 Å². The first-order valence-corrected chi connectivity index (χ1v) is 2.76. The Morgan fingerprint density at radius 1 is 1.50 bits per heavy atom. The Morgan fingerprint density at radius 2 is 2.00 bits per heavy atom. The number of hydrogen-bond donors (Lipinski definition) is 0. The fourth-order valence-electron chi connectivity index (χ4n) is 0.426. The molecule has 46 valence electrons. The van der Waals surface area contributed by atoms with Crippen LogP contribution in [0.3, 0.4) is 0 Å². The zero-order chi connectivity index (χ0) is 5.70. The Morgan fingerprint density at radius 3 is 2.12 bits per heavy atom. The first-order valence-electron chi connectivity index (χ1n) is 2.76. The van der Waals surface area contributed by atoms with Crippen molar-refractivity contribution >= 4 is 5.78 Å². The van der Waals surface area contributed by atoms with Crippen molar-refractivity contribution in [1.29, 1.82) is 0 Å². The van der Waals surface area contributed by atoms with Gasteiger partial charge in [-0.05, 0) is 13.3 Å². The van der Waals surface area contributed by atoms with E-state index in [1.54, 1.807) is 6.92 Å². The maximum Gasteiger partial charge on any atom is 0.129 e. The normalized spacial score (nSPS) is 7.75. The first-order chi connectivity index (χ1) is 3.27. The molecule has 0 bridgehead atoms. The van der Waals surface area contributed by atoms with Crippen molar-refractivity contribution in [3.8, 4) is 0 Å². The maximum absolute atomic E-state index is 10.2. The van der Waals surface area contributed by atoms with E-state index in [-0.39, 0.29) is 41.7 Å². The fourth-order valence-corrected chi connectivity index (χ4v) is 0.426. The predicted molar refractivity (Wildman–Crippen MR) is 30.2 cm³/mol. The predicted octanol–water partition coefficient (Wildman–Crippen LogP) is 1.77. The van der Waals surface area contributed by atoms with Crippen molar-refractivity contribution in [2.24, 2.45) is 0 Å². The van der Waals surface area contributed by atoms with Gasteiger partial charge in [0.1, 0.15) is 5.78 Å². The summed E-state index contributed by atoms with van der Waals surface area (Å²) >= 11 is 0. The molecule has 0 aromatic rings. The van der Waals surface area contributed by atoms with Crippen molar-refractivity contribution in [1.82, 2.24) is 0 Å². The molecule has 0 aromatic carbocycles. The number of Topliss-reactive ketones (excluding diaryl/α,β-unsaturated/α-hetero) is 1. The smallest absolute Gasteiger partial charge is 0.129 e. The van der Waals surface area contributed by atoms with E-state index in [9.17, 15) is 4.79 Å². The van der Waals surface area contributed by atoms with Crippen LogP contribution in [0.25, 0.3) is 0 Å². The van der Waals surface area contributed by atoms with Crippen LogP contribution < -0.4 is 0 Å². The molecule has 0 atom stereocenters. The molecule has 0 saturated heterocycles. The van der Waals surface area contributed by atoms with Crippen LogP contribution in [0.2, 0.25) is 0 Å². The van der Waals surface area contributed by atoms with Crippen molar-refractivity contribution < 1.29 is 46.5 Å². The first kappa shape index (κ1) is 11.8.